The monoisotopic (exact) mass is 190 g/mol. The Balaban J connectivity index is 2.70. The third-order valence-corrected chi connectivity index (χ3v) is 2.35. The average molecular weight is 190 g/mol. The van der Waals surface area contributed by atoms with Crippen LogP contribution in [0.1, 0.15) is 20.8 Å². The first-order valence-corrected chi connectivity index (χ1v) is 4.50. The number of ether oxygens (including phenoxy) is 1. The molecular formula is C9H18O4. The van der Waals surface area contributed by atoms with Gasteiger partial charge in [-0.1, -0.05) is 20.8 Å². The van der Waals surface area contributed by atoms with Crippen LogP contribution in [0.15, 0.2) is 0 Å². The highest BCUT2D eigenvalue weighted by Gasteiger charge is 2.42. The number of aliphatic hydroxyl groups excluding tert-OH is 3. The maximum absolute atomic E-state index is 9.61. The van der Waals surface area contributed by atoms with Gasteiger partial charge in [0.1, 0.15) is 18.3 Å². The van der Waals surface area contributed by atoms with Crippen LogP contribution in [0.25, 0.3) is 0 Å². The predicted octanol–water partition coefficient (Wildman–Crippen LogP) is -0.486. The van der Waals surface area contributed by atoms with Gasteiger partial charge in [0.15, 0.2) is 0 Å². The van der Waals surface area contributed by atoms with E-state index in [1.54, 1.807) is 0 Å². The third kappa shape index (κ3) is 2.20. The van der Waals surface area contributed by atoms with Crippen LogP contribution < -0.4 is 0 Å². The molecule has 0 aromatic heterocycles. The largest absolute Gasteiger partial charge is 0.388 e. The summed E-state index contributed by atoms with van der Waals surface area (Å²) < 4.78 is 5.28. The maximum Gasteiger partial charge on any atom is 0.111 e. The van der Waals surface area contributed by atoms with Crippen molar-refractivity contribution in [1.82, 2.24) is 0 Å². The standard InChI is InChI=1S/C9H18O4/c1-9(2,3)8-7(12)6(11)5(10)4-13-8/h5-8,10-12H,4H2,1-3H3/t5-,6+,7-,8+/m1/s1. The number of aliphatic hydroxyl groups is 3. The van der Waals surface area contributed by atoms with Gasteiger partial charge in [0.2, 0.25) is 0 Å². The summed E-state index contributed by atoms with van der Waals surface area (Å²) in [7, 11) is 0. The first kappa shape index (κ1) is 10.9. The van der Waals surface area contributed by atoms with Crippen molar-refractivity contribution < 1.29 is 20.1 Å². The fourth-order valence-electron chi connectivity index (χ4n) is 1.57. The molecule has 1 rings (SSSR count). The van der Waals surface area contributed by atoms with E-state index in [0.717, 1.165) is 0 Å². The van der Waals surface area contributed by atoms with Crippen molar-refractivity contribution in [2.24, 2.45) is 5.41 Å². The van der Waals surface area contributed by atoms with Gasteiger partial charge in [0.05, 0.1) is 12.7 Å². The minimum Gasteiger partial charge on any atom is -0.388 e. The molecule has 0 aliphatic carbocycles. The summed E-state index contributed by atoms with van der Waals surface area (Å²) in [6, 6.07) is 0. The zero-order valence-electron chi connectivity index (χ0n) is 8.27. The van der Waals surface area contributed by atoms with Crippen molar-refractivity contribution in [1.29, 1.82) is 0 Å². The van der Waals surface area contributed by atoms with E-state index >= 15 is 0 Å². The molecule has 1 saturated heterocycles. The topological polar surface area (TPSA) is 69.9 Å². The number of hydrogen-bond donors (Lipinski definition) is 3. The van der Waals surface area contributed by atoms with Crippen LogP contribution in [0.2, 0.25) is 0 Å². The van der Waals surface area contributed by atoms with Gasteiger partial charge in [-0.05, 0) is 5.41 Å². The minimum absolute atomic E-state index is 0.0835. The van der Waals surface area contributed by atoms with E-state index in [1.807, 2.05) is 20.8 Å². The Bertz CT molecular complexity index is 175. The second kappa shape index (κ2) is 3.53. The van der Waals surface area contributed by atoms with Gasteiger partial charge in [0.25, 0.3) is 0 Å². The zero-order chi connectivity index (χ0) is 10.2. The first-order chi connectivity index (χ1) is 5.84. The van der Waals surface area contributed by atoms with E-state index < -0.39 is 24.4 Å². The van der Waals surface area contributed by atoms with Crippen LogP contribution >= 0.6 is 0 Å². The van der Waals surface area contributed by atoms with Crippen molar-refractivity contribution in [3.05, 3.63) is 0 Å². The molecule has 1 heterocycles. The van der Waals surface area contributed by atoms with Gasteiger partial charge < -0.3 is 20.1 Å². The van der Waals surface area contributed by atoms with E-state index in [0.29, 0.717) is 0 Å². The molecule has 0 radical (unpaired) electrons. The highest BCUT2D eigenvalue weighted by molar-refractivity contribution is 4.92. The fourth-order valence-corrected chi connectivity index (χ4v) is 1.57. The molecule has 0 amide bonds. The Hall–Kier alpha value is -0.160. The molecule has 78 valence electrons. The molecule has 0 bridgehead atoms. The summed E-state index contributed by atoms with van der Waals surface area (Å²) in [6.07, 6.45) is -3.51. The van der Waals surface area contributed by atoms with Crippen LogP contribution in [0, 0.1) is 5.41 Å². The van der Waals surface area contributed by atoms with E-state index in [9.17, 15) is 15.3 Å². The Morgan fingerprint density at radius 3 is 2.08 bits per heavy atom. The molecule has 0 aromatic carbocycles. The second-order valence-corrected chi connectivity index (χ2v) is 4.67. The molecule has 0 unspecified atom stereocenters. The van der Waals surface area contributed by atoms with E-state index in [-0.39, 0.29) is 12.0 Å². The summed E-state index contributed by atoms with van der Waals surface area (Å²) in [5, 5.41) is 28.2. The molecule has 0 aromatic rings. The van der Waals surface area contributed by atoms with Gasteiger partial charge in [-0.25, -0.2) is 0 Å². The number of rotatable bonds is 0. The summed E-state index contributed by atoms with van der Waals surface area (Å²) >= 11 is 0. The third-order valence-electron chi connectivity index (χ3n) is 2.35. The van der Waals surface area contributed by atoms with Crippen molar-refractivity contribution in [3.63, 3.8) is 0 Å². The number of hydrogen-bond acceptors (Lipinski definition) is 4. The van der Waals surface area contributed by atoms with Crippen molar-refractivity contribution in [2.75, 3.05) is 6.61 Å². The van der Waals surface area contributed by atoms with E-state index in [2.05, 4.69) is 0 Å². The molecule has 1 aliphatic rings. The quantitative estimate of drug-likeness (QED) is 0.482. The molecule has 13 heavy (non-hydrogen) atoms. The molecule has 4 nitrogen and oxygen atoms in total. The maximum atomic E-state index is 9.61. The van der Waals surface area contributed by atoms with Gasteiger partial charge in [-0.3, -0.25) is 0 Å². The molecule has 1 fully saturated rings. The molecule has 3 N–H and O–H groups in total. The molecular weight excluding hydrogens is 172 g/mol. The molecule has 4 atom stereocenters. The van der Waals surface area contributed by atoms with Gasteiger partial charge in [-0.15, -0.1) is 0 Å². The van der Waals surface area contributed by atoms with Crippen molar-refractivity contribution >= 4 is 0 Å². The molecule has 0 spiro atoms. The Morgan fingerprint density at radius 2 is 1.62 bits per heavy atom. The lowest BCUT2D eigenvalue weighted by Gasteiger charge is -2.41. The van der Waals surface area contributed by atoms with Crippen LogP contribution in [-0.4, -0.2) is 46.3 Å². The van der Waals surface area contributed by atoms with Gasteiger partial charge in [0, 0.05) is 0 Å². The Kier molecular flexibility index (Phi) is 2.97. The minimum atomic E-state index is -1.10. The zero-order valence-corrected chi connectivity index (χ0v) is 8.27. The summed E-state index contributed by atoms with van der Waals surface area (Å²) in [5.74, 6) is 0. The van der Waals surface area contributed by atoms with E-state index in [4.69, 9.17) is 4.74 Å². The summed E-state index contributed by atoms with van der Waals surface area (Å²) in [5.41, 5.74) is -0.236. The van der Waals surface area contributed by atoms with Crippen LogP contribution in [0.3, 0.4) is 0 Å². The smallest absolute Gasteiger partial charge is 0.111 e. The lowest BCUT2D eigenvalue weighted by molar-refractivity contribution is -0.211. The molecule has 4 heteroatoms. The Labute approximate surface area is 78.1 Å². The second-order valence-electron chi connectivity index (χ2n) is 4.67. The van der Waals surface area contributed by atoms with Crippen LogP contribution in [-0.2, 0) is 4.74 Å². The normalized spacial score (nSPS) is 42.0. The predicted molar refractivity (Wildman–Crippen MR) is 47.2 cm³/mol. The van der Waals surface area contributed by atoms with Gasteiger partial charge in [-0.2, -0.15) is 0 Å². The van der Waals surface area contributed by atoms with Gasteiger partial charge >= 0.3 is 0 Å². The Morgan fingerprint density at radius 1 is 1.08 bits per heavy atom. The fraction of sp³-hybridized carbons (Fsp3) is 1.00. The van der Waals surface area contributed by atoms with Crippen LogP contribution in [0.5, 0.6) is 0 Å². The average Bonchev–Trinajstić information content (AvgIpc) is 1.98. The van der Waals surface area contributed by atoms with Crippen molar-refractivity contribution in [2.45, 2.75) is 45.2 Å². The first-order valence-electron chi connectivity index (χ1n) is 4.50. The lowest BCUT2D eigenvalue weighted by atomic mass is 9.81. The summed E-state index contributed by atoms with van der Waals surface area (Å²) in [4.78, 5) is 0. The van der Waals surface area contributed by atoms with E-state index in [1.165, 1.54) is 0 Å². The summed E-state index contributed by atoms with van der Waals surface area (Å²) in [6.45, 7) is 5.85. The highest BCUT2D eigenvalue weighted by atomic mass is 16.5. The molecule has 1 aliphatic heterocycles. The van der Waals surface area contributed by atoms with Crippen molar-refractivity contribution in [3.8, 4) is 0 Å². The SMILES string of the molecule is CC(C)(C)[C@H]1OC[C@@H](O)[C@H](O)[C@H]1O. The van der Waals surface area contributed by atoms with Crippen LogP contribution in [0.4, 0.5) is 0 Å². The lowest BCUT2D eigenvalue weighted by Crippen LogP contribution is -2.56. The molecule has 0 saturated carbocycles. The highest BCUT2D eigenvalue weighted by Crippen LogP contribution is 2.30.